The van der Waals surface area contributed by atoms with Gasteiger partial charge in [0, 0.05) is 18.7 Å². The molecular weight excluding hydrogens is 364 g/mol. The Kier molecular flexibility index (Phi) is 6.06. The van der Waals surface area contributed by atoms with Gasteiger partial charge in [-0.05, 0) is 31.0 Å². The van der Waals surface area contributed by atoms with Crippen molar-refractivity contribution in [2.24, 2.45) is 0 Å². The first kappa shape index (κ1) is 18.6. The molecule has 0 saturated carbocycles. The number of hydrogen-bond acceptors (Lipinski definition) is 4. The van der Waals surface area contributed by atoms with Crippen LogP contribution in [0, 0.1) is 6.92 Å². The molecule has 4 nitrogen and oxygen atoms in total. The molecule has 26 heavy (non-hydrogen) atoms. The highest BCUT2D eigenvalue weighted by molar-refractivity contribution is 8.24. The predicted octanol–water partition coefficient (Wildman–Crippen LogP) is 3.80. The van der Waals surface area contributed by atoms with Crippen LogP contribution < -0.4 is 5.32 Å². The topological polar surface area (TPSA) is 49.4 Å². The fraction of sp³-hybridized carbons (Fsp3) is 0.250. The minimum absolute atomic E-state index is 0.0741. The normalized spacial score (nSPS) is 16.8. The maximum atomic E-state index is 12.6. The first-order chi connectivity index (χ1) is 12.5. The van der Waals surface area contributed by atoms with Crippen LogP contribution in [0.5, 0.6) is 0 Å². The van der Waals surface area contributed by atoms with Gasteiger partial charge in [0.25, 0.3) is 0 Å². The van der Waals surface area contributed by atoms with Crippen LogP contribution in [-0.4, -0.2) is 32.8 Å². The number of amides is 2. The monoisotopic (exact) mass is 384 g/mol. The lowest BCUT2D eigenvalue weighted by atomic mass is 10.1. The number of anilines is 1. The summed E-state index contributed by atoms with van der Waals surface area (Å²) in [5.74, 6) is -0.248. The molecule has 2 aromatic rings. The van der Waals surface area contributed by atoms with E-state index >= 15 is 0 Å². The summed E-state index contributed by atoms with van der Waals surface area (Å²) in [5, 5.41) is 2.40. The molecule has 1 atom stereocenters. The number of nitrogens with zero attached hydrogens (tertiary/aromatic N) is 1. The van der Waals surface area contributed by atoms with Gasteiger partial charge in [0.2, 0.25) is 11.8 Å². The van der Waals surface area contributed by atoms with Gasteiger partial charge in [-0.15, -0.1) is 0 Å². The molecule has 0 aliphatic carbocycles. The van der Waals surface area contributed by atoms with Gasteiger partial charge in [0.05, 0.1) is 5.25 Å². The molecule has 0 spiro atoms. The number of thiocarbonyl (C=S) groups is 1. The summed E-state index contributed by atoms with van der Waals surface area (Å²) in [7, 11) is 0. The highest BCUT2D eigenvalue weighted by Crippen LogP contribution is 2.30. The van der Waals surface area contributed by atoms with Crippen LogP contribution in [0.3, 0.4) is 0 Å². The highest BCUT2D eigenvalue weighted by Gasteiger charge is 2.37. The third-order valence-corrected chi connectivity index (χ3v) is 5.76. The van der Waals surface area contributed by atoms with Crippen molar-refractivity contribution >= 4 is 45.8 Å². The number of rotatable bonds is 6. The Labute approximate surface area is 163 Å². The van der Waals surface area contributed by atoms with E-state index in [2.05, 4.69) is 5.32 Å². The van der Waals surface area contributed by atoms with Crippen molar-refractivity contribution in [2.75, 3.05) is 11.9 Å². The van der Waals surface area contributed by atoms with Crippen LogP contribution in [0.15, 0.2) is 54.6 Å². The predicted molar refractivity (Wildman–Crippen MR) is 110 cm³/mol. The maximum absolute atomic E-state index is 12.6. The van der Waals surface area contributed by atoms with Crippen molar-refractivity contribution < 1.29 is 9.59 Å². The molecule has 6 heteroatoms. The largest absolute Gasteiger partial charge is 0.326 e. The molecule has 2 aromatic carbocycles. The lowest BCUT2D eigenvalue weighted by Crippen LogP contribution is -2.34. The van der Waals surface area contributed by atoms with Crippen molar-refractivity contribution in [3.05, 3.63) is 65.7 Å². The number of benzene rings is 2. The van der Waals surface area contributed by atoms with E-state index in [1.54, 1.807) is 4.90 Å². The molecule has 1 aliphatic heterocycles. The molecular formula is C20H20N2O2S2. The van der Waals surface area contributed by atoms with E-state index in [1.807, 2.05) is 61.5 Å². The van der Waals surface area contributed by atoms with Crippen LogP contribution in [0.25, 0.3) is 0 Å². The van der Waals surface area contributed by atoms with Crippen LogP contribution in [0.1, 0.15) is 17.5 Å². The smallest absolute Gasteiger partial charge is 0.242 e. The van der Waals surface area contributed by atoms with Crippen LogP contribution in [-0.2, 0) is 16.0 Å². The Morgan fingerprint density at radius 1 is 1.15 bits per heavy atom. The summed E-state index contributed by atoms with van der Waals surface area (Å²) in [4.78, 5) is 26.5. The van der Waals surface area contributed by atoms with Gasteiger partial charge in [0.15, 0.2) is 0 Å². The molecule has 134 valence electrons. The van der Waals surface area contributed by atoms with Gasteiger partial charge >= 0.3 is 0 Å². The van der Waals surface area contributed by atoms with Crippen LogP contribution in [0.4, 0.5) is 5.69 Å². The van der Waals surface area contributed by atoms with E-state index in [1.165, 1.54) is 11.8 Å². The standard InChI is InChI=1S/C20H20N2O2S2/c1-14-7-9-16(10-8-14)21-18(23)13-17-19(24)22(20(25)26-17)12-11-15-5-3-2-4-6-15/h2-10,17H,11-13H2,1H3,(H,21,23). The summed E-state index contributed by atoms with van der Waals surface area (Å²) in [6, 6.07) is 17.6. The maximum Gasteiger partial charge on any atom is 0.242 e. The molecule has 1 fully saturated rings. The van der Waals surface area contributed by atoms with Crippen molar-refractivity contribution in [3.63, 3.8) is 0 Å². The fourth-order valence-electron chi connectivity index (χ4n) is 2.73. The van der Waals surface area contributed by atoms with E-state index in [9.17, 15) is 9.59 Å². The average Bonchev–Trinajstić information content (AvgIpc) is 2.89. The Bertz CT molecular complexity index is 806. The van der Waals surface area contributed by atoms with Gasteiger partial charge in [0.1, 0.15) is 4.32 Å². The number of aryl methyl sites for hydroxylation is 1. The molecule has 0 radical (unpaired) electrons. The van der Waals surface area contributed by atoms with Gasteiger partial charge in [-0.3, -0.25) is 14.5 Å². The molecule has 0 bridgehead atoms. The fourth-order valence-corrected chi connectivity index (χ4v) is 4.28. The quantitative estimate of drug-likeness (QED) is 0.770. The number of hydrogen-bond donors (Lipinski definition) is 1. The van der Waals surface area contributed by atoms with Crippen molar-refractivity contribution in [3.8, 4) is 0 Å². The summed E-state index contributed by atoms with van der Waals surface area (Å²) in [5.41, 5.74) is 3.03. The first-order valence-corrected chi connectivity index (χ1v) is 9.74. The van der Waals surface area contributed by atoms with Crippen molar-refractivity contribution in [1.82, 2.24) is 4.90 Å². The van der Waals surface area contributed by atoms with E-state index in [0.717, 1.165) is 23.2 Å². The van der Waals surface area contributed by atoms with Gasteiger partial charge in [-0.1, -0.05) is 72.0 Å². The zero-order chi connectivity index (χ0) is 18.5. The average molecular weight is 385 g/mol. The molecule has 1 unspecified atom stereocenters. The van der Waals surface area contributed by atoms with Crippen molar-refractivity contribution in [1.29, 1.82) is 0 Å². The minimum atomic E-state index is -0.441. The molecule has 1 heterocycles. The summed E-state index contributed by atoms with van der Waals surface area (Å²) in [6.07, 6.45) is 0.870. The van der Waals surface area contributed by atoms with E-state index < -0.39 is 5.25 Å². The summed E-state index contributed by atoms with van der Waals surface area (Å²) >= 11 is 6.65. The van der Waals surface area contributed by atoms with E-state index in [-0.39, 0.29) is 18.2 Å². The number of carbonyl (C=O) groups is 2. The van der Waals surface area contributed by atoms with Crippen LogP contribution >= 0.6 is 24.0 Å². The molecule has 1 saturated heterocycles. The van der Waals surface area contributed by atoms with Crippen molar-refractivity contribution in [2.45, 2.75) is 25.0 Å². The molecule has 1 aliphatic rings. The SMILES string of the molecule is Cc1ccc(NC(=O)CC2SC(=S)N(CCc3ccccc3)C2=O)cc1. The molecule has 2 amide bonds. The van der Waals surface area contributed by atoms with E-state index in [0.29, 0.717) is 10.9 Å². The number of nitrogens with one attached hydrogen (secondary N) is 1. The third-order valence-electron chi connectivity index (χ3n) is 4.18. The zero-order valence-corrected chi connectivity index (χ0v) is 16.1. The minimum Gasteiger partial charge on any atom is -0.326 e. The zero-order valence-electron chi connectivity index (χ0n) is 14.5. The molecule has 3 rings (SSSR count). The number of carbonyl (C=O) groups excluding carboxylic acids is 2. The Morgan fingerprint density at radius 2 is 1.85 bits per heavy atom. The highest BCUT2D eigenvalue weighted by atomic mass is 32.2. The third kappa shape index (κ3) is 4.71. The molecule has 1 N–H and O–H groups in total. The Hall–Kier alpha value is -2.18. The van der Waals surface area contributed by atoms with Gasteiger partial charge < -0.3 is 5.32 Å². The second-order valence-corrected chi connectivity index (χ2v) is 8.05. The van der Waals surface area contributed by atoms with E-state index in [4.69, 9.17) is 12.2 Å². The summed E-state index contributed by atoms with van der Waals surface area (Å²) in [6.45, 7) is 2.54. The second kappa shape index (κ2) is 8.47. The first-order valence-electron chi connectivity index (χ1n) is 8.45. The Balaban J connectivity index is 1.54. The van der Waals surface area contributed by atoms with Gasteiger partial charge in [-0.25, -0.2) is 0 Å². The van der Waals surface area contributed by atoms with Crippen LogP contribution in [0.2, 0.25) is 0 Å². The lowest BCUT2D eigenvalue weighted by Gasteiger charge is -2.15. The molecule has 0 aromatic heterocycles. The number of thioether (sulfide) groups is 1. The van der Waals surface area contributed by atoms with Gasteiger partial charge in [-0.2, -0.15) is 0 Å². The second-order valence-electron chi connectivity index (χ2n) is 6.22. The summed E-state index contributed by atoms with van der Waals surface area (Å²) < 4.78 is 0.555. The lowest BCUT2D eigenvalue weighted by molar-refractivity contribution is -0.128. The Morgan fingerprint density at radius 3 is 2.54 bits per heavy atom.